The van der Waals surface area contributed by atoms with Gasteiger partial charge in [0.1, 0.15) is 4.32 Å². The number of carbonyl (C=O) groups is 2. The minimum absolute atomic E-state index is 0.143. The quantitative estimate of drug-likeness (QED) is 0.348. The monoisotopic (exact) mass is 509 g/mol. The number of hydrogen-bond acceptors (Lipinski definition) is 8. The van der Waals surface area contributed by atoms with E-state index in [-0.39, 0.29) is 25.0 Å². The Labute approximate surface area is 209 Å². The molecule has 0 spiro atoms. The van der Waals surface area contributed by atoms with Gasteiger partial charge in [-0.25, -0.2) is 4.98 Å². The predicted octanol–water partition coefficient (Wildman–Crippen LogP) is 5.16. The number of nitrogens with zero attached hydrogens (tertiary/aromatic N) is 2. The highest BCUT2D eigenvalue weighted by molar-refractivity contribution is 8.26. The van der Waals surface area contributed by atoms with E-state index in [0.29, 0.717) is 38.8 Å². The molecule has 5 rings (SSSR count). The molecule has 0 saturated carbocycles. The number of nitrogens with one attached hydrogen (secondary N) is 1. The fourth-order valence-corrected chi connectivity index (χ4v) is 5.54. The number of thiocarbonyl (C=S) groups is 1. The molecule has 10 heteroatoms. The van der Waals surface area contributed by atoms with Crippen LogP contribution in [0.15, 0.2) is 58.8 Å². The summed E-state index contributed by atoms with van der Waals surface area (Å²) in [6, 6.07) is 15.3. The second kappa shape index (κ2) is 9.96. The Kier molecular flexibility index (Phi) is 6.61. The molecule has 0 aliphatic carbocycles. The number of anilines is 1. The van der Waals surface area contributed by atoms with Crippen LogP contribution in [0.25, 0.3) is 17.3 Å². The first-order valence-corrected chi connectivity index (χ1v) is 12.6. The highest BCUT2D eigenvalue weighted by atomic mass is 32.2. The Morgan fingerprint density at radius 1 is 1.18 bits per heavy atom. The van der Waals surface area contributed by atoms with Crippen LogP contribution in [0.1, 0.15) is 18.4 Å². The smallest absolute Gasteiger partial charge is 0.266 e. The lowest BCUT2D eigenvalue weighted by atomic mass is 10.2. The minimum atomic E-state index is -0.152. The number of thiazole rings is 1. The molecule has 0 atom stereocenters. The molecule has 2 amide bonds. The van der Waals surface area contributed by atoms with E-state index in [4.69, 9.17) is 21.7 Å². The molecule has 3 aromatic rings. The van der Waals surface area contributed by atoms with Crippen LogP contribution in [-0.4, -0.2) is 39.4 Å². The van der Waals surface area contributed by atoms with Crippen molar-refractivity contribution in [2.45, 2.75) is 12.8 Å². The van der Waals surface area contributed by atoms with Crippen molar-refractivity contribution in [2.75, 3.05) is 18.7 Å². The van der Waals surface area contributed by atoms with Crippen LogP contribution in [-0.2, 0) is 9.59 Å². The van der Waals surface area contributed by atoms with Crippen molar-refractivity contribution in [3.05, 3.63) is 64.4 Å². The van der Waals surface area contributed by atoms with Crippen molar-refractivity contribution >= 4 is 62.7 Å². The van der Waals surface area contributed by atoms with Crippen LogP contribution < -0.4 is 14.8 Å². The summed E-state index contributed by atoms with van der Waals surface area (Å²) in [5.41, 5.74) is 2.66. The number of benzene rings is 2. The van der Waals surface area contributed by atoms with Gasteiger partial charge in [-0.1, -0.05) is 60.4 Å². The molecule has 0 radical (unpaired) electrons. The van der Waals surface area contributed by atoms with Crippen molar-refractivity contribution < 1.29 is 19.1 Å². The summed E-state index contributed by atoms with van der Waals surface area (Å²) in [7, 11) is 0. The Morgan fingerprint density at radius 2 is 2.00 bits per heavy atom. The van der Waals surface area contributed by atoms with Gasteiger partial charge >= 0.3 is 0 Å². The van der Waals surface area contributed by atoms with Crippen LogP contribution in [0.5, 0.6) is 11.5 Å². The first kappa shape index (κ1) is 22.6. The predicted molar refractivity (Wildman–Crippen MR) is 138 cm³/mol. The molecule has 1 N–H and O–H groups in total. The number of hydrogen-bond donors (Lipinski definition) is 1. The number of amides is 2. The second-order valence-corrected chi connectivity index (χ2v) is 10.0. The first-order chi connectivity index (χ1) is 16.6. The number of fused-ring (bicyclic) bond motifs is 1. The largest absolute Gasteiger partial charge is 0.454 e. The molecule has 34 heavy (non-hydrogen) atoms. The summed E-state index contributed by atoms with van der Waals surface area (Å²) >= 11 is 8.04. The molecule has 1 fully saturated rings. The zero-order chi connectivity index (χ0) is 23.5. The van der Waals surface area contributed by atoms with Gasteiger partial charge in [0.05, 0.1) is 10.6 Å². The number of ether oxygens (including phenoxy) is 2. The van der Waals surface area contributed by atoms with Gasteiger partial charge in [-0.15, -0.1) is 11.3 Å². The van der Waals surface area contributed by atoms with Crippen molar-refractivity contribution in [1.29, 1.82) is 0 Å². The SMILES string of the molecule is O=C(CCCN1C(=O)/C(=C/c2ccc3c(c2)OCO3)SC1=S)Nc1nc(-c2ccccc2)cs1. The molecule has 1 aromatic heterocycles. The lowest BCUT2D eigenvalue weighted by Gasteiger charge is -2.13. The number of aromatic nitrogens is 1. The summed E-state index contributed by atoms with van der Waals surface area (Å²) < 4.78 is 11.2. The molecule has 2 aliphatic heterocycles. The van der Waals surface area contributed by atoms with E-state index in [0.717, 1.165) is 16.8 Å². The van der Waals surface area contributed by atoms with E-state index in [1.54, 1.807) is 11.0 Å². The lowest BCUT2D eigenvalue weighted by Crippen LogP contribution is -2.29. The van der Waals surface area contributed by atoms with E-state index >= 15 is 0 Å². The highest BCUT2D eigenvalue weighted by Crippen LogP contribution is 2.36. The zero-order valence-electron chi connectivity index (χ0n) is 17.9. The van der Waals surface area contributed by atoms with Gasteiger partial charge in [-0.05, 0) is 30.2 Å². The van der Waals surface area contributed by atoms with Gasteiger partial charge < -0.3 is 14.8 Å². The fraction of sp³-hybridized carbons (Fsp3) is 0.167. The van der Waals surface area contributed by atoms with E-state index in [1.165, 1.54) is 23.1 Å². The molecule has 0 unspecified atom stereocenters. The summed E-state index contributed by atoms with van der Waals surface area (Å²) in [4.78, 5) is 31.8. The van der Waals surface area contributed by atoms with E-state index < -0.39 is 0 Å². The van der Waals surface area contributed by atoms with Crippen molar-refractivity contribution in [2.24, 2.45) is 0 Å². The van der Waals surface area contributed by atoms with Gasteiger partial charge in [0.2, 0.25) is 12.7 Å². The number of carbonyl (C=O) groups excluding carboxylic acids is 2. The number of rotatable bonds is 7. The second-order valence-electron chi connectivity index (χ2n) is 7.50. The van der Waals surface area contributed by atoms with Crippen LogP contribution in [0.2, 0.25) is 0 Å². The maximum atomic E-state index is 12.8. The average molecular weight is 510 g/mol. The standard InChI is InChI=1S/C24H19N3O4S3/c28-21(26-23-25-17(13-33-23)16-5-2-1-3-6-16)7-4-10-27-22(29)20(34-24(27)32)12-15-8-9-18-19(11-15)31-14-30-18/h1-3,5-6,8-9,11-13H,4,7,10,14H2,(H,25,26,28)/b20-12-. The third-order valence-corrected chi connectivity index (χ3v) is 7.31. The highest BCUT2D eigenvalue weighted by Gasteiger charge is 2.31. The van der Waals surface area contributed by atoms with Crippen LogP contribution in [0.3, 0.4) is 0 Å². The minimum Gasteiger partial charge on any atom is -0.454 e. The van der Waals surface area contributed by atoms with Gasteiger partial charge in [0.15, 0.2) is 16.6 Å². The van der Waals surface area contributed by atoms with Crippen LogP contribution >= 0.6 is 35.3 Å². The summed E-state index contributed by atoms with van der Waals surface area (Å²) in [5, 5.41) is 5.31. The van der Waals surface area contributed by atoms with Crippen LogP contribution in [0, 0.1) is 0 Å². The molecule has 3 heterocycles. The molecule has 2 aromatic carbocycles. The van der Waals surface area contributed by atoms with Crippen LogP contribution in [0.4, 0.5) is 5.13 Å². The van der Waals surface area contributed by atoms with Gasteiger partial charge in [-0.3, -0.25) is 14.5 Å². The summed E-state index contributed by atoms with van der Waals surface area (Å²) in [6.45, 7) is 0.578. The summed E-state index contributed by atoms with van der Waals surface area (Å²) in [6.07, 6.45) is 2.55. The van der Waals surface area contributed by atoms with E-state index in [1.807, 2.05) is 53.9 Å². The maximum absolute atomic E-state index is 12.8. The molecular formula is C24H19N3O4S3. The molecule has 0 bridgehead atoms. The molecule has 1 saturated heterocycles. The lowest BCUT2D eigenvalue weighted by molar-refractivity contribution is -0.122. The van der Waals surface area contributed by atoms with Crippen molar-refractivity contribution in [3.8, 4) is 22.8 Å². The Bertz CT molecular complexity index is 1290. The number of thioether (sulfide) groups is 1. The third-order valence-electron chi connectivity index (χ3n) is 5.17. The Morgan fingerprint density at radius 3 is 2.85 bits per heavy atom. The van der Waals surface area contributed by atoms with Crippen molar-refractivity contribution in [3.63, 3.8) is 0 Å². The van der Waals surface area contributed by atoms with E-state index in [9.17, 15) is 9.59 Å². The van der Waals surface area contributed by atoms with Gasteiger partial charge in [0, 0.05) is 23.9 Å². The fourth-order valence-electron chi connectivity index (χ4n) is 3.50. The normalized spacial score (nSPS) is 15.9. The first-order valence-electron chi connectivity index (χ1n) is 10.5. The van der Waals surface area contributed by atoms with E-state index in [2.05, 4.69) is 10.3 Å². The Balaban J connectivity index is 1.13. The summed E-state index contributed by atoms with van der Waals surface area (Å²) in [5.74, 6) is 1.05. The molecule has 7 nitrogen and oxygen atoms in total. The van der Waals surface area contributed by atoms with Gasteiger partial charge in [-0.2, -0.15) is 0 Å². The van der Waals surface area contributed by atoms with Gasteiger partial charge in [0.25, 0.3) is 5.91 Å². The molecule has 2 aliphatic rings. The molecule has 172 valence electrons. The molecular weight excluding hydrogens is 490 g/mol. The Hall–Kier alpha value is -3.21. The zero-order valence-corrected chi connectivity index (χ0v) is 20.3. The average Bonchev–Trinajstić information content (AvgIpc) is 3.56. The maximum Gasteiger partial charge on any atom is 0.266 e. The van der Waals surface area contributed by atoms with Crippen molar-refractivity contribution in [1.82, 2.24) is 9.88 Å². The third kappa shape index (κ3) is 4.98. The topological polar surface area (TPSA) is 80.8 Å².